The summed E-state index contributed by atoms with van der Waals surface area (Å²) in [5.74, 6) is 1.28. The summed E-state index contributed by atoms with van der Waals surface area (Å²) in [6.07, 6.45) is 12.5. The predicted octanol–water partition coefficient (Wildman–Crippen LogP) is 6.28. The van der Waals surface area contributed by atoms with Crippen molar-refractivity contribution in [2.75, 3.05) is 6.61 Å². The van der Waals surface area contributed by atoms with E-state index in [0.717, 1.165) is 24.7 Å². The van der Waals surface area contributed by atoms with Crippen LogP contribution in [-0.2, 0) is 9.47 Å². The molecule has 27 heavy (non-hydrogen) atoms. The van der Waals surface area contributed by atoms with Crippen molar-refractivity contribution >= 4 is 0 Å². The Hall–Kier alpha value is -1.44. The molecule has 0 bridgehead atoms. The SMILES string of the molecule is CCCC[C@H]1CC[C@H](CC[C@H]2CCO[C@H](c3ccc(C#N)c(F)c3)O2)CC1. The van der Waals surface area contributed by atoms with E-state index in [1.807, 2.05) is 6.07 Å². The Balaban J connectivity index is 1.44. The monoisotopic (exact) mass is 373 g/mol. The highest BCUT2D eigenvalue weighted by atomic mass is 19.1. The van der Waals surface area contributed by atoms with Gasteiger partial charge in [-0.25, -0.2) is 4.39 Å². The topological polar surface area (TPSA) is 42.2 Å². The molecule has 0 amide bonds. The largest absolute Gasteiger partial charge is 0.348 e. The molecule has 3 nitrogen and oxygen atoms in total. The maximum Gasteiger partial charge on any atom is 0.184 e. The molecular formula is C23H32FNO2. The van der Waals surface area contributed by atoms with Crippen molar-refractivity contribution in [1.82, 2.24) is 0 Å². The third kappa shape index (κ3) is 5.77. The number of hydrogen-bond acceptors (Lipinski definition) is 3. The van der Waals surface area contributed by atoms with Crippen LogP contribution in [0.4, 0.5) is 4.39 Å². The molecular weight excluding hydrogens is 341 g/mol. The molecule has 1 aromatic carbocycles. The van der Waals surface area contributed by atoms with Gasteiger partial charge in [0.1, 0.15) is 11.9 Å². The van der Waals surface area contributed by atoms with E-state index in [9.17, 15) is 4.39 Å². The van der Waals surface area contributed by atoms with Gasteiger partial charge in [0, 0.05) is 5.56 Å². The minimum atomic E-state index is -0.518. The molecule has 0 radical (unpaired) electrons. The van der Waals surface area contributed by atoms with Crippen LogP contribution in [0.25, 0.3) is 0 Å². The molecule has 2 atom stereocenters. The summed E-state index contributed by atoms with van der Waals surface area (Å²) in [4.78, 5) is 0. The van der Waals surface area contributed by atoms with Crippen LogP contribution in [0.15, 0.2) is 18.2 Å². The lowest BCUT2D eigenvalue weighted by Gasteiger charge is -2.33. The first-order chi connectivity index (χ1) is 13.2. The lowest BCUT2D eigenvalue weighted by Crippen LogP contribution is -2.28. The molecule has 1 aliphatic carbocycles. The summed E-state index contributed by atoms with van der Waals surface area (Å²) in [7, 11) is 0. The van der Waals surface area contributed by atoms with E-state index in [2.05, 4.69) is 6.92 Å². The van der Waals surface area contributed by atoms with Gasteiger partial charge in [-0.15, -0.1) is 0 Å². The normalized spacial score (nSPS) is 28.6. The van der Waals surface area contributed by atoms with E-state index in [-0.39, 0.29) is 11.7 Å². The van der Waals surface area contributed by atoms with Crippen LogP contribution in [0.2, 0.25) is 0 Å². The molecule has 1 saturated heterocycles. The van der Waals surface area contributed by atoms with Crippen LogP contribution in [0.5, 0.6) is 0 Å². The highest BCUT2D eigenvalue weighted by Gasteiger charge is 2.27. The minimum Gasteiger partial charge on any atom is -0.348 e. The van der Waals surface area contributed by atoms with Crippen molar-refractivity contribution in [2.24, 2.45) is 11.8 Å². The zero-order valence-electron chi connectivity index (χ0n) is 16.5. The summed E-state index contributed by atoms with van der Waals surface area (Å²) < 4.78 is 25.7. The van der Waals surface area contributed by atoms with E-state index >= 15 is 0 Å². The summed E-state index contributed by atoms with van der Waals surface area (Å²) >= 11 is 0. The Kier molecular flexibility index (Phi) is 7.67. The van der Waals surface area contributed by atoms with Gasteiger partial charge < -0.3 is 9.47 Å². The second kappa shape index (κ2) is 10.2. The molecule has 1 aliphatic heterocycles. The van der Waals surface area contributed by atoms with Gasteiger partial charge >= 0.3 is 0 Å². The van der Waals surface area contributed by atoms with Crippen LogP contribution >= 0.6 is 0 Å². The fourth-order valence-electron chi connectivity index (χ4n) is 4.47. The second-order valence-electron chi connectivity index (χ2n) is 8.21. The molecule has 2 fully saturated rings. The lowest BCUT2D eigenvalue weighted by atomic mass is 9.78. The van der Waals surface area contributed by atoms with Crippen molar-refractivity contribution in [3.8, 4) is 6.07 Å². The Morgan fingerprint density at radius 2 is 1.81 bits per heavy atom. The van der Waals surface area contributed by atoms with Gasteiger partial charge in [-0.2, -0.15) is 5.26 Å². The number of hydrogen-bond donors (Lipinski definition) is 0. The molecule has 3 rings (SSSR count). The number of unbranched alkanes of at least 4 members (excludes halogenated alkanes) is 1. The Morgan fingerprint density at radius 3 is 2.48 bits per heavy atom. The number of ether oxygens (including phenoxy) is 2. The summed E-state index contributed by atoms with van der Waals surface area (Å²) in [5.41, 5.74) is 0.716. The van der Waals surface area contributed by atoms with E-state index in [0.29, 0.717) is 12.2 Å². The molecule has 0 N–H and O–H groups in total. The fourth-order valence-corrected chi connectivity index (χ4v) is 4.47. The van der Waals surface area contributed by atoms with Crippen LogP contribution in [0.3, 0.4) is 0 Å². The first-order valence-corrected chi connectivity index (χ1v) is 10.7. The summed E-state index contributed by atoms with van der Waals surface area (Å²) in [5, 5.41) is 8.86. The molecule has 148 valence electrons. The van der Waals surface area contributed by atoms with Gasteiger partial charge in [0.25, 0.3) is 0 Å². The van der Waals surface area contributed by atoms with E-state index in [1.54, 1.807) is 6.07 Å². The van der Waals surface area contributed by atoms with Crippen molar-refractivity contribution in [3.05, 3.63) is 35.1 Å². The van der Waals surface area contributed by atoms with Crippen LogP contribution in [-0.4, -0.2) is 12.7 Å². The average molecular weight is 374 g/mol. The van der Waals surface area contributed by atoms with Crippen LogP contribution in [0.1, 0.15) is 88.5 Å². The first-order valence-electron chi connectivity index (χ1n) is 10.7. The highest BCUT2D eigenvalue weighted by Crippen LogP contribution is 2.36. The molecule has 2 aliphatic rings. The Labute approximate surface area is 162 Å². The van der Waals surface area contributed by atoms with Crippen LogP contribution < -0.4 is 0 Å². The second-order valence-corrected chi connectivity index (χ2v) is 8.21. The number of benzene rings is 1. The summed E-state index contributed by atoms with van der Waals surface area (Å²) in [6.45, 7) is 2.92. The highest BCUT2D eigenvalue weighted by molar-refractivity contribution is 5.33. The van der Waals surface area contributed by atoms with Crippen molar-refractivity contribution < 1.29 is 13.9 Å². The molecule has 1 heterocycles. The number of rotatable bonds is 7. The maximum absolute atomic E-state index is 13.9. The number of halogens is 1. The van der Waals surface area contributed by atoms with Gasteiger partial charge in [0.15, 0.2) is 6.29 Å². The smallest absolute Gasteiger partial charge is 0.184 e. The lowest BCUT2D eigenvalue weighted by molar-refractivity contribution is -0.219. The third-order valence-electron chi connectivity index (χ3n) is 6.24. The van der Waals surface area contributed by atoms with Crippen LogP contribution in [0, 0.1) is 29.0 Å². The van der Waals surface area contributed by atoms with Gasteiger partial charge in [0.2, 0.25) is 0 Å². The maximum atomic E-state index is 13.9. The zero-order valence-corrected chi connectivity index (χ0v) is 16.5. The molecule has 0 unspecified atom stereocenters. The molecule has 1 aromatic rings. The van der Waals surface area contributed by atoms with Gasteiger partial charge in [0.05, 0.1) is 18.3 Å². The van der Waals surface area contributed by atoms with E-state index in [4.69, 9.17) is 14.7 Å². The number of nitriles is 1. The molecule has 0 aromatic heterocycles. The van der Waals surface area contributed by atoms with Crippen molar-refractivity contribution in [3.63, 3.8) is 0 Å². The molecule has 4 heteroatoms. The van der Waals surface area contributed by atoms with E-state index in [1.165, 1.54) is 63.5 Å². The number of nitrogens with zero attached hydrogens (tertiary/aromatic N) is 1. The van der Waals surface area contributed by atoms with E-state index < -0.39 is 12.1 Å². The van der Waals surface area contributed by atoms with Crippen molar-refractivity contribution in [2.45, 2.75) is 83.5 Å². The molecule has 0 spiro atoms. The third-order valence-corrected chi connectivity index (χ3v) is 6.24. The van der Waals surface area contributed by atoms with Gasteiger partial charge in [-0.1, -0.05) is 57.9 Å². The zero-order chi connectivity index (χ0) is 19.1. The Bertz CT molecular complexity index is 634. The van der Waals surface area contributed by atoms with Gasteiger partial charge in [-0.3, -0.25) is 0 Å². The summed E-state index contributed by atoms with van der Waals surface area (Å²) in [6, 6.07) is 6.44. The Morgan fingerprint density at radius 1 is 1.07 bits per heavy atom. The van der Waals surface area contributed by atoms with Gasteiger partial charge in [-0.05, 0) is 43.2 Å². The predicted molar refractivity (Wildman–Crippen MR) is 104 cm³/mol. The van der Waals surface area contributed by atoms with Crippen molar-refractivity contribution in [1.29, 1.82) is 5.26 Å². The average Bonchev–Trinajstić information content (AvgIpc) is 2.71. The minimum absolute atomic E-state index is 0.0562. The quantitative estimate of drug-likeness (QED) is 0.565. The fraction of sp³-hybridized carbons (Fsp3) is 0.696. The first kappa shape index (κ1) is 20.3. The molecule has 1 saturated carbocycles. The standard InChI is InChI=1S/C23H32FNO2/c1-2-3-4-17-5-7-18(8-6-17)9-12-21-13-14-26-23(27-21)19-10-11-20(16-25)22(24)15-19/h10-11,15,17-18,21,23H,2-9,12-14H2,1H3/t17-,18-,21-,23-/m0/s1.